The lowest BCUT2D eigenvalue weighted by atomic mass is 10.1. The normalized spacial score (nSPS) is 17.2. The molecule has 1 unspecified atom stereocenters. The third-order valence-corrected chi connectivity index (χ3v) is 4.28. The molecule has 0 bridgehead atoms. The summed E-state index contributed by atoms with van der Waals surface area (Å²) in [6.07, 6.45) is 0.699. The number of amides is 2. The Hall–Kier alpha value is -2.62. The van der Waals surface area contributed by atoms with Gasteiger partial charge in [-0.25, -0.2) is 0 Å². The second-order valence-electron chi connectivity index (χ2n) is 6.47. The van der Waals surface area contributed by atoms with Gasteiger partial charge in [-0.05, 0) is 31.5 Å². The molecule has 1 saturated heterocycles. The van der Waals surface area contributed by atoms with Crippen LogP contribution in [-0.4, -0.2) is 24.4 Å². The van der Waals surface area contributed by atoms with Crippen molar-refractivity contribution < 1.29 is 9.59 Å². The molecule has 0 spiro atoms. The number of aryl methyl sites for hydroxylation is 2. The zero-order valence-electron chi connectivity index (χ0n) is 14.1. The second-order valence-corrected chi connectivity index (χ2v) is 6.47. The minimum atomic E-state index is -0.129. The van der Waals surface area contributed by atoms with E-state index < -0.39 is 0 Å². The van der Waals surface area contributed by atoms with E-state index in [0.717, 1.165) is 22.4 Å². The second kappa shape index (κ2) is 6.87. The Morgan fingerprint density at radius 1 is 1.12 bits per heavy atom. The molecular weight excluding hydrogens is 300 g/mol. The molecule has 0 aliphatic carbocycles. The molecule has 1 heterocycles. The van der Waals surface area contributed by atoms with Crippen LogP contribution >= 0.6 is 0 Å². The van der Waals surface area contributed by atoms with Crippen molar-refractivity contribution in [3.8, 4) is 0 Å². The highest BCUT2D eigenvalue weighted by Gasteiger charge is 2.31. The van der Waals surface area contributed by atoms with Gasteiger partial charge in [-0.1, -0.05) is 47.5 Å². The number of nitrogens with one attached hydrogen (secondary N) is 1. The van der Waals surface area contributed by atoms with Crippen molar-refractivity contribution in [2.45, 2.75) is 32.7 Å². The Kier molecular flexibility index (Phi) is 4.65. The van der Waals surface area contributed by atoms with Gasteiger partial charge in [0, 0.05) is 18.7 Å². The fourth-order valence-electron chi connectivity index (χ4n) is 3.06. The Morgan fingerprint density at radius 2 is 1.88 bits per heavy atom. The Morgan fingerprint density at radius 3 is 2.58 bits per heavy atom. The van der Waals surface area contributed by atoms with E-state index in [0.29, 0.717) is 19.4 Å². The summed E-state index contributed by atoms with van der Waals surface area (Å²) in [4.78, 5) is 26.2. The van der Waals surface area contributed by atoms with E-state index in [1.54, 1.807) is 4.90 Å². The number of hydrogen-bond acceptors (Lipinski definition) is 2. The first-order valence-electron chi connectivity index (χ1n) is 8.23. The van der Waals surface area contributed by atoms with Crippen LogP contribution < -0.4 is 10.2 Å². The third-order valence-electron chi connectivity index (χ3n) is 4.28. The summed E-state index contributed by atoms with van der Waals surface area (Å²) >= 11 is 0. The summed E-state index contributed by atoms with van der Waals surface area (Å²) in [6, 6.07) is 15.7. The molecule has 0 saturated carbocycles. The van der Waals surface area contributed by atoms with Crippen molar-refractivity contribution in [3.05, 3.63) is 65.2 Å². The van der Waals surface area contributed by atoms with Crippen LogP contribution in [0.5, 0.6) is 0 Å². The number of nitrogens with zero attached hydrogens (tertiary/aromatic N) is 1. The summed E-state index contributed by atoms with van der Waals surface area (Å²) in [7, 11) is 0. The monoisotopic (exact) mass is 322 g/mol. The SMILES string of the molecule is Cc1ccc(N2CC(NC(=O)Cc3cccc(C)c3)CC2=O)cc1. The number of carbonyl (C=O) groups is 2. The lowest BCUT2D eigenvalue weighted by Crippen LogP contribution is -2.38. The largest absolute Gasteiger partial charge is 0.351 e. The van der Waals surface area contributed by atoms with Gasteiger partial charge in [0.1, 0.15) is 0 Å². The summed E-state index contributed by atoms with van der Waals surface area (Å²) in [5, 5.41) is 2.99. The highest BCUT2D eigenvalue weighted by molar-refractivity contribution is 5.96. The molecule has 3 rings (SSSR count). The molecule has 1 aliphatic rings. The van der Waals surface area contributed by atoms with E-state index in [2.05, 4.69) is 5.32 Å². The van der Waals surface area contributed by atoms with Crippen LogP contribution in [0.2, 0.25) is 0 Å². The Bertz CT molecular complexity index is 752. The Balaban J connectivity index is 1.59. The molecular formula is C20H22N2O2. The summed E-state index contributed by atoms with van der Waals surface area (Å²) in [6.45, 7) is 4.56. The van der Waals surface area contributed by atoms with E-state index in [4.69, 9.17) is 0 Å². The maximum atomic E-state index is 12.2. The molecule has 0 radical (unpaired) electrons. The van der Waals surface area contributed by atoms with Gasteiger partial charge in [0.15, 0.2) is 0 Å². The van der Waals surface area contributed by atoms with Crippen LogP contribution in [0.3, 0.4) is 0 Å². The van der Waals surface area contributed by atoms with E-state index in [-0.39, 0.29) is 17.9 Å². The molecule has 1 aliphatic heterocycles. The molecule has 4 heteroatoms. The van der Waals surface area contributed by atoms with E-state index >= 15 is 0 Å². The fraction of sp³-hybridized carbons (Fsp3) is 0.300. The maximum Gasteiger partial charge on any atom is 0.229 e. The average molecular weight is 322 g/mol. The minimum absolute atomic E-state index is 0.0378. The van der Waals surface area contributed by atoms with Crippen LogP contribution in [0.25, 0.3) is 0 Å². The summed E-state index contributed by atoms with van der Waals surface area (Å²) in [5.74, 6) is 0.0175. The van der Waals surface area contributed by atoms with Gasteiger partial charge in [0.2, 0.25) is 11.8 Å². The van der Waals surface area contributed by atoms with E-state index in [1.165, 1.54) is 0 Å². The smallest absolute Gasteiger partial charge is 0.229 e. The number of rotatable bonds is 4. The number of benzene rings is 2. The average Bonchev–Trinajstić information content (AvgIpc) is 2.88. The fourth-order valence-corrected chi connectivity index (χ4v) is 3.06. The van der Waals surface area contributed by atoms with Gasteiger partial charge in [-0.3, -0.25) is 9.59 Å². The van der Waals surface area contributed by atoms with Crippen LogP contribution in [0.15, 0.2) is 48.5 Å². The van der Waals surface area contributed by atoms with Gasteiger partial charge in [-0.15, -0.1) is 0 Å². The van der Waals surface area contributed by atoms with Crippen molar-refractivity contribution >= 4 is 17.5 Å². The van der Waals surface area contributed by atoms with Gasteiger partial charge >= 0.3 is 0 Å². The predicted octanol–water partition coefficient (Wildman–Crippen LogP) is 2.77. The number of anilines is 1. The van der Waals surface area contributed by atoms with Gasteiger partial charge < -0.3 is 10.2 Å². The van der Waals surface area contributed by atoms with Crippen LogP contribution in [-0.2, 0) is 16.0 Å². The van der Waals surface area contributed by atoms with Crippen LogP contribution in [0.4, 0.5) is 5.69 Å². The van der Waals surface area contributed by atoms with E-state index in [1.807, 2.05) is 62.4 Å². The molecule has 1 fully saturated rings. The van der Waals surface area contributed by atoms with Gasteiger partial charge in [0.05, 0.1) is 12.5 Å². The number of hydrogen-bond donors (Lipinski definition) is 1. The van der Waals surface area contributed by atoms with Gasteiger partial charge in [-0.2, -0.15) is 0 Å². The van der Waals surface area contributed by atoms with Crippen LogP contribution in [0.1, 0.15) is 23.1 Å². The molecule has 1 atom stereocenters. The summed E-state index contributed by atoms with van der Waals surface area (Å²) < 4.78 is 0. The molecule has 1 N–H and O–H groups in total. The zero-order valence-corrected chi connectivity index (χ0v) is 14.1. The number of carbonyl (C=O) groups excluding carboxylic acids is 2. The standard InChI is InChI=1S/C20H22N2O2/c1-14-6-8-18(9-7-14)22-13-17(12-20(22)24)21-19(23)11-16-5-3-4-15(2)10-16/h3-10,17H,11-13H2,1-2H3,(H,21,23). The first kappa shape index (κ1) is 16.2. The summed E-state index contributed by atoms with van der Waals surface area (Å²) in [5.41, 5.74) is 4.18. The molecule has 2 amide bonds. The van der Waals surface area contributed by atoms with Crippen molar-refractivity contribution in [3.63, 3.8) is 0 Å². The van der Waals surface area contributed by atoms with Crippen molar-refractivity contribution in [1.82, 2.24) is 5.32 Å². The predicted molar refractivity (Wildman–Crippen MR) is 95.0 cm³/mol. The maximum absolute atomic E-state index is 12.2. The Labute approximate surface area is 142 Å². The first-order chi connectivity index (χ1) is 11.5. The molecule has 4 nitrogen and oxygen atoms in total. The minimum Gasteiger partial charge on any atom is -0.351 e. The molecule has 2 aromatic rings. The molecule has 0 aromatic heterocycles. The quantitative estimate of drug-likeness (QED) is 0.941. The van der Waals surface area contributed by atoms with Crippen LogP contribution in [0, 0.1) is 13.8 Å². The van der Waals surface area contributed by atoms with Crippen molar-refractivity contribution in [2.75, 3.05) is 11.4 Å². The lowest BCUT2D eigenvalue weighted by Gasteiger charge is -2.17. The topological polar surface area (TPSA) is 49.4 Å². The van der Waals surface area contributed by atoms with Gasteiger partial charge in [0.25, 0.3) is 0 Å². The third kappa shape index (κ3) is 3.82. The van der Waals surface area contributed by atoms with Crippen molar-refractivity contribution in [2.24, 2.45) is 0 Å². The van der Waals surface area contributed by atoms with Crippen molar-refractivity contribution in [1.29, 1.82) is 0 Å². The lowest BCUT2D eigenvalue weighted by molar-refractivity contribution is -0.121. The highest BCUT2D eigenvalue weighted by atomic mass is 16.2. The highest BCUT2D eigenvalue weighted by Crippen LogP contribution is 2.22. The molecule has 24 heavy (non-hydrogen) atoms. The molecule has 2 aromatic carbocycles. The molecule has 124 valence electrons. The first-order valence-corrected chi connectivity index (χ1v) is 8.23. The zero-order chi connectivity index (χ0) is 17.1. The van der Waals surface area contributed by atoms with E-state index in [9.17, 15) is 9.59 Å².